The zero-order chi connectivity index (χ0) is 28.0. The number of allylic oxidation sites excluding steroid dienone is 1. The van der Waals surface area contributed by atoms with E-state index in [0.29, 0.717) is 24.4 Å². The van der Waals surface area contributed by atoms with Gasteiger partial charge in [-0.15, -0.1) is 0 Å². The van der Waals surface area contributed by atoms with Gasteiger partial charge in [-0.2, -0.15) is 0 Å². The van der Waals surface area contributed by atoms with Crippen LogP contribution in [0.2, 0.25) is 0 Å². The number of Topliss-reactive ketones (excluding diaryl/α,β-unsaturated/α-hetero) is 1. The Labute approximate surface area is 227 Å². The molecule has 1 fully saturated rings. The van der Waals surface area contributed by atoms with Gasteiger partial charge in [0, 0.05) is 51.3 Å². The lowest BCUT2D eigenvalue weighted by atomic mass is 9.77. The van der Waals surface area contributed by atoms with Crippen molar-refractivity contribution in [3.05, 3.63) is 70.9 Å². The molecule has 12 heteroatoms. The van der Waals surface area contributed by atoms with Gasteiger partial charge in [0.15, 0.2) is 5.78 Å². The lowest BCUT2D eigenvalue weighted by Gasteiger charge is -2.48. The van der Waals surface area contributed by atoms with Gasteiger partial charge >= 0.3 is 0 Å². The number of rotatable bonds is 7. The number of nitrogens with zero attached hydrogens (tertiary/aromatic N) is 5. The largest absolute Gasteiger partial charge is 0.495 e. The highest BCUT2D eigenvalue weighted by molar-refractivity contribution is 7.91. The van der Waals surface area contributed by atoms with Gasteiger partial charge in [0.25, 0.3) is 0 Å². The summed E-state index contributed by atoms with van der Waals surface area (Å²) in [5, 5.41) is 0. The molecule has 2 atom stereocenters. The number of sulfonamides is 1. The number of carbonyl (C=O) groups is 1. The van der Waals surface area contributed by atoms with Crippen LogP contribution >= 0.6 is 0 Å². The molecule has 4 heterocycles. The van der Waals surface area contributed by atoms with E-state index < -0.39 is 26.1 Å². The topological polar surface area (TPSA) is 131 Å². The lowest BCUT2D eigenvalue weighted by Crippen LogP contribution is -2.66. The Morgan fingerprint density at radius 2 is 2.05 bits per heavy atom. The molecule has 1 saturated heterocycles. The second-order valence-electron chi connectivity index (χ2n) is 10.2. The summed E-state index contributed by atoms with van der Waals surface area (Å²) in [6, 6.07) is 7.49. The Bertz CT molecular complexity index is 1510. The van der Waals surface area contributed by atoms with Crippen LogP contribution in [0.5, 0.6) is 5.75 Å². The molecule has 0 aliphatic carbocycles. The van der Waals surface area contributed by atoms with Crippen LogP contribution in [-0.2, 0) is 22.0 Å². The Morgan fingerprint density at radius 3 is 2.72 bits per heavy atom. The minimum atomic E-state index is -4.05. The minimum absolute atomic E-state index is 0.0557. The molecular formula is C27H31FN6O4S. The first kappa shape index (κ1) is 26.9. The molecule has 0 amide bonds. The lowest BCUT2D eigenvalue weighted by molar-refractivity contribution is 0.0988. The maximum absolute atomic E-state index is 15.6. The molecule has 10 nitrogen and oxygen atoms in total. The van der Waals surface area contributed by atoms with Crippen LogP contribution in [0.1, 0.15) is 41.4 Å². The molecule has 2 aromatic rings. The Hall–Kier alpha value is -3.64. The van der Waals surface area contributed by atoms with Crippen LogP contribution in [0.3, 0.4) is 0 Å². The van der Waals surface area contributed by atoms with Crippen LogP contribution in [-0.4, -0.2) is 79.1 Å². The number of likely N-dealkylation sites (tertiary alicyclic amines) is 1. The first-order chi connectivity index (χ1) is 18.5. The molecule has 0 unspecified atom stereocenters. The van der Waals surface area contributed by atoms with E-state index in [1.165, 1.54) is 38.6 Å². The molecule has 1 spiro atoms. The fourth-order valence-corrected chi connectivity index (χ4v) is 7.85. The van der Waals surface area contributed by atoms with E-state index in [0.717, 1.165) is 16.4 Å². The summed E-state index contributed by atoms with van der Waals surface area (Å²) < 4.78 is 48.3. The molecule has 5 rings (SSSR count). The van der Waals surface area contributed by atoms with E-state index in [1.54, 1.807) is 19.1 Å². The third-order valence-corrected chi connectivity index (χ3v) is 10.6. The van der Waals surface area contributed by atoms with Gasteiger partial charge in [0.2, 0.25) is 16.0 Å². The molecule has 0 saturated carbocycles. The second kappa shape index (κ2) is 9.83. The van der Waals surface area contributed by atoms with Crippen molar-refractivity contribution >= 4 is 28.0 Å². The maximum Gasteiger partial charge on any atom is 0.247 e. The van der Waals surface area contributed by atoms with E-state index >= 15 is 4.39 Å². The smallest absolute Gasteiger partial charge is 0.247 e. The van der Waals surface area contributed by atoms with E-state index in [1.807, 2.05) is 17.2 Å². The zero-order valence-electron chi connectivity index (χ0n) is 22.1. The van der Waals surface area contributed by atoms with E-state index in [4.69, 9.17) is 10.5 Å². The molecule has 2 N–H and O–H groups in total. The SMILES string of the molecule is COc1ccc(C(=O)Cc2ccc(F)c([C@@]3(C)N=C(N)N(C)S(=O)(=O)[C@]34CCN(CC3=CCC=N3)C4)c2)nc1. The van der Waals surface area contributed by atoms with Crippen LogP contribution in [0.25, 0.3) is 0 Å². The predicted octanol–water partition coefficient (Wildman–Crippen LogP) is 2.26. The molecule has 3 aliphatic heterocycles. The molecule has 1 aromatic heterocycles. The van der Waals surface area contributed by atoms with Crippen molar-refractivity contribution in [2.24, 2.45) is 15.7 Å². The predicted molar refractivity (Wildman–Crippen MR) is 146 cm³/mol. The first-order valence-electron chi connectivity index (χ1n) is 12.6. The molecule has 0 bridgehead atoms. The fourth-order valence-electron chi connectivity index (χ4n) is 5.69. The molecule has 39 heavy (non-hydrogen) atoms. The Morgan fingerprint density at radius 1 is 1.26 bits per heavy atom. The summed E-state index contributed by atoms with van der Waals surface area (Å²) in [5.41, 5.74) is 6.26. The van der Waals surface area contributed by atoms with Gasteiger partial charge in [0.1, 0.15) is 27.5 Å². The highest BCUT2D eigenvalue weighted by Crippen LogP contribution is 2.51. The average Bonchev–Trinajstić information content (AvgIpc) is 3.60. The van der Waals surface area contributed by atoms with Crippen LogP contribution in [0.15, 0.2) is 58.3 Å². The van der Waals surface area contributed by atoms with Crippen LogP contribution < -0.4 is 10.5 Å². The highest BCUT2D eigenvalue weighted by Gasteiger charge is 2.66. The first-order valence-corrected chi connectivity index (χ1v) is 14.0. The van der Waals surface area contributed by atoms with Crippen molar-refractivity contribution in [1.29, 1.82) is 0 Å². The standard InChI is InChI=1S/C27H31FN6O4S/c1-26(21-13-18(6-8-22(21)28)14-24(35)23-9-7-20(38-3)15-31-23)27(39(36,37)33(2)25(29)32-26)10-12-34(17-27)16-19-5-4-11-30-19/h5-9,11,13,15H,4,10,12,14,16-17H2,1-3H3,(H2,29,32)/t26-,27+/m1/s1. The van der Waals surface area contributed by atoms with Gasteiger partial charge < -0.3 is 10.5 Å². The summed E-state index contributed by atoms with van der Waals surface area (Å²) in [4.78, 5) is 28.1. The molecule has 0 radical (unpaired) electrons. The number of ketones is 1. The number of aromatic nitrogens is 1. The number of hydrogen-bond acceptors (Lipinski definition) is 9. The number of hydrogen-bond donors (Lipinski definition) is 1. The summed E-state index contributed by atoms with van der Waals surface area (Å²) in [7, 11) is -1.17. The monoisotopic (exact) mass is 554 g/mol. The number of carbonyl (C=O) groups excluding carboxylic acids is 1. The van der Waals surface area contributed by atoms with E-state index in [-0.39, 0.29) is 42.4 Å². The van der Waals surface area contributed by atoms with Crippen molar-refractivity contribution < 1.29 is 22.3 Å². The number of ether oxygens (including phenoxy) is 1. The molecule has 206 valence electrons. The van der Waals surface area contributed by atoms with Crippen LogP contribution in [0, 0.1) is 5.82 Å². The minimum Gasteiger partial charge on any atom is -0.495 e. The van der Waals surface area contributed by atoms with Crippen molar-refractivity contribution in [2.45, 2.75) is 36.5 Å². The quantitative estimate of drug-likeness (QED) is 0.520. The Kier molecular flexibility index (Phi) is 6.79. The molecular weight excluding hydrogens is 523 g/mol. The molecule has 3 aliphatic rings. The number of pyridine rings is 1. The van der Waals surface area contributed by atoms with Crippen molar-refractivity contribution in [3.8, 4) is 5.75 Å². The number of halogens is 1. The Balaban J connectivity index is 1.54. The molecule has 1 aromatic carbocycles. The highest BCUT2D eigenvalue weighted by atomic mass is 32.2. The number of aliphatic imine (C=N–C) groups is 2. The van der Waals surface area contributed by atoms with Gasteiger partial charge in [-0.25, -0.2) is 27.1 Å². The number of methoxy groups -OCH3 is 1. The van der Waals surface area contributed by atoms with Gasteiger partial charge in [-0.3, -0.25) is 14.7 Å². The number of guanidine groups is 1. The fraction of sp³-hybridized carbons (Fsp3) is 0.407. The maximum atomic E-state index is 15.6. The van der Waals surface area contributed by atoms with Gasteiger partial charge in [-0.1, -0.05) is 12.1 Å². The summed E-state index contributed by atoms with van der Waals surface area (Å²) in [6.45, 7) is 2.70. The number of benzene rings is 1. The van der Waals surface area contributed by atoms with Crippen LogP contribution in [0.4, 0.5) is 4.39 Å². The third kappa shape index (κ3) is 4.41. The normalized spacial score (nSPS) is 26.1. The summed E-state index contributed by atoms with van der Waals surface area (Å²) >= 11 is 0. The van der Waals surface area contributed by atoms with E-state index in [2.05, 4.69) is 15.0 Å². The number of nitrogens with two attached hydrogens (primary N) is 1. The second-order valence-corrected chi connectivity index (χ2v) is 12.5. The van der Waals surface area contributed by atoms with Crippen molar-refractivity contribution in [2.75, 3.05) is 33.8 Å². The summed E-state index contributed by atoms with van der Waals surface area (Å²) in [5.74, 6) is -0.581. The van der Waals surface area contributed by atoms with Gasteiger partial charge in [0.05, 0.1) is 19.0 Å². The van der Waals surface area contributed by atoms with E-state index in [9.17, 15) is 13.2 Å². The van der Waals surface area contributed by atoms with Crippen molar-refractivity contribution in [3.63, 3.8) is 0 Å². The zero-order valence-corrected chi connectivity index (χ0v) is 22.9. The summed E-state index contributed by atoms with van der Waals surface area (Å²) in [6.07, 6.45) is 6.18. The third-order valence-electron chi connectivity index (χ3n) is 7.99. The van der Waals surface area contributed by atoms with Gasteiger partial charge in [-0.05, 0) is 43.2 Å². The average molecular weight is 555 g/mol. The van der Waals surface area contributed by atoms with Crippen molar-refractivity contribution in [1.82, 2.24) is 14.2 Å².